The largest absolute Gasteiger partial charge is 0.375 e. The Morgan fingerprint density at radius 1 is 1.46 bits per heavy atom. The van der Waals surface area contributed by atoms with Crippen LogP contribution in [0.2, 0.25) is 5.02 Å². The summed E-state index contributed by atoms with van der Waals surface area (Å²) < 4.78 is 1.91. The van der Waals surface area contributed by atoms with E-state index in [1.807, 2.05) is 35.8 Å². The first-order chi connectivity index (χ1) is 11.5. The van der Waals surface area contributed by atoms with Crippen molar-refractivity contribution in [2.75, 3.05) is 11.1 Å². The van der Waals surface area contributed by atoms with Crippen LogP contribution in [0, 0.1) is 0 Å². The fraction of sp³-hybridized carbons (Fsp3) is 0.267. The van der Waals surface area contributed by atoms with Crippen molar-refractivity contribution in [1.29, 1.82) is 0 Å². The molecule has 2 aromatic rings. The van der Waals surface area contributed by atoms with Crippen molar-refractivity contribution in [1.82, 2.24) is 20.2 Å². The standard InChI is InChI=1S/C15H19ClN6OS/c1-3-8-22-14(20-21-15(22)24-9-13(23)19-17)10(2)18-12-6-4-11(16)5-7-12/h3-7,10,18H,1,8-9,17H2,2H3,(H,19,23). The molecule has 0 spiro atoms. The molecule has 0 aliphatic rings. The van der Waals surface area contributed by atoms with E-state index < -0.39 is 0 Å². The van der Waals surface area contributed by atoms with E-state index in [4.69, 9.17) is 17.4 Å². The number of allylic oxidation sites excluding steroid dienone is 1. The first-order valence-electron chi connectivity index (χ1n) is 7.23. The third kappa shape index (κ3) is 4.73. The van der Waals surface area contributed by atoms with Gasteiger partial charge in [-0.25, -0.2) is 5.84 Å². The number of carbonyl (C=O) groups is 1. The highest BCUT2D eigenvalue weighted by Crippen LogP contribution is 2.24. The summed E-state index contributed by atoms with van der Waals surface area (Å²) in [5.41, 5.74) is 3.02. The maximum atomic E-state index is 11.3. The fourth-order valence-electron chi connectivity index (χ4n) is 2.06. The molecule has 1 heterocycles. The quantitative estimate of drug-likeness (QED) is 0.218. The van der Waals surface area contributed by atoms with E-state index in [1.54, 1.807) is 6.08 Å². The van der Waals surface area contributed by atoms with Crippen LogP contribution in [-0.4, -0.2) is 26.4 Å². The fourth-order valence-corrected chi connectivity index (χ4v) is 2.95. The van der Waals surface area contributed by atoms with Crippen molar-refractivity contribution >= 4 is 35.0 Å². The van der Waals surface area contributed by atoms with Crippen LogP contribution in [-0.2, 0) is 11.3 Å². The molecule has 0 aliphatic heterocycles. The number of hydrazine groups is 1. The zero-order valence-corrected chi connectivity index (χ0v) is 14.8. The van der Waals surface area contributed by atoms with Gasteiger partial charge in [0.15, 0.2) is 11.0 Å². The zero-order valence-electron chi connectivity index (χ0n) is 13.2. The van der Waals surface area contributed by atoms with Crippen LogP contribution >= 0.6 is 23.4 Å². The highest BCUT2D eigenvalue weighted by Gasteiger charge is 2.18. The van der Waals surface area contributed by atoms with Gasteiger partial charge in [-0.05, 0) is 31.2 Å². The Kier molecular flexibility index (Phi) is 6.65. The van der Waals surface area contributed by atoms with Crippen LogP contribution in [0.4, 0.5) is 5.69 Å². The number of anilines is 1. The molecular weight excluding hydrogens is 348 g/mol. The molecule has 0 aliphatic carbocycles. The topological polar surface area (TPSA) is 97.9 Å². The molecule has 1 amide bonds. The molecule has 0 fully saturated rings. The summed E-state index contributed by atoms with van der Waals surface area (Å²) in [5, 5.41) is 13.1. The van der Waals surface area contributed by atoms with E-state index in [-0.39, 0.29) is 17.7 Å². The van der Waals surface area contributed by atoms with Gasteiger partial charge in [-0.1, -0.05) is 29.4 Å². The van der Waals surface area contributed by atoms with Gasteiger partial charge in [-0.15, -0.1) is 16.8 Å². The number of hydrogen-bond acceptors (Lipinski definition) is 6. The van der Waals surface area contributed by atoms with Gasteiger partial charge in [0.1, 0.15) is 0 Å². The number of carbonyl (C=O) groups excluding carboxylic acids is 1. The predicted octanol–water partition coefficient (Wildman–Crippen LogP) is 2.37. The number of benzene rings is 1. The summed E-state index contributed by atoms with van der Waals surface area (Å²) in [6.45, 7) is 6.29. The zero-order chi connectivity index (χ0) is 17.5. The van der Waals surface area contributed by atoms with Crippen LogP contribution < -0.4 is 16.6 Å². The van der Waals surface area contributed by atoms with Gasteiger partial charge in [0, 0.05) is 17.3 Å². The van der Waals surface area contributed by atoms with E-state index >= 15 is 0 Å². The van der Waals surface area contributed by atoms with E-state index in [0.29, 0.717) is 16.7 Å². The minimum absolute atomic E-state index is 0.0867. The third-order valence-corrected chi connectivity index (χ3v) is 4.38. The lowest BCUT2D eigenvalue weighted by atomic mass is 10.2. The monoisotopic (exact) mass is 366 g/mol. The number of nitrogens with zero attached hydrogens (tertiary/aromatic N) is 3. The number of halogens is 1. The number of aromatic nitrogens is 3. The average Bonchev–Trinajstić information content (AvgIpc) is 2.98. The third-order valence-electron chi connectivity index (χ3n) is 3.17. The molecule has 2 rings (SSSR count). The Bertz CT molecular complexity index is 702. The van der Waals surface area contributed by atoms with Crippen LogP contribution in [0.3, 0.4) is 0 Å². The van der Waals surface area contributed by atoms with Gasteiger partial charge >= 0.3 is 0 Å². The second-order valence-corrected chi connectivity index (χ2v) is 6.35. The maximum Gasteiger partial charge on any atom is 0.244 e. The Balaban J connectivity index is 2.15. The first-order valence-corrected chi connectivity index (χ1v) is 8.59. The van der Waals surface area contributed by atoms with Crippen LogP contribution in [0.5, 0.6) is 0 Å². The van der Waals surface area contributed by atoms with E-state index in [0.717, 1.165) is 11.5 Å². The van der Waals surface area contributed by atoms with Crippen molar-refractivity contribution in [3.8, 4) is 0 Å². The molecule has 7 nitrogen and oxygen atoms in total. The maximum absolute atomic E-state index is 11.3. The molecule has 0 saturated carbocycles. The number of nitrogens with two attached hydrogens (primary N) is 1. The molecule has 1 unspecified atom stereocenters. The predicted molar refractivity (Wildman–Crippen MR) is 96.8 cm³/mol. The Morgan fingerprint density at radius 2 is 2.17 bits per heavy atom. The second-order valence-electron chi connectivity index (χ2n) is 4.97. The number of hydrogen-bond donors (Lipinski definition) is 3. The van der Waals surface area contributed by atoms with Crippen molar-refractivity contribution < 1.29 is 4.79 Å². The number of amides is 1. The minimum atomic E-state index is -0.276. The summed E-state index contributed by atoms with van der Waals surface area (Å²) in [5.74, 6) is 5.74. The smallest absolute Gasteiger partial charge is 0.244 e. The normalized spacial score (nSPS) is 11.8. The van der Waals surface area contributed by atoms with Crippen LogP contribution in [0.25, 0.3) is 0 Å². The van der Waals surface area contributed by atoms with Crippen LogP contribution in [0.15, 0.2) is 42.1 Å². The lowest BCUT2D eigenvalue weighted by Crippen LogP contribution is -2.31. The molecule has 1 atom stereocenters. The summed E-state index contributed by atoms with van der Waals surface area (Å²) in [6, 6.07) is 7.34. The van der Waals surface area contributed by atoms with Crippen molar-refractivity contribution in [3.63, 3.8) is 0 Å². The summed E-state index contributed by atoms with van der Waals surface area (Å²) in [4.78, 5) is 11.3. The molecule has 0 saturated heterocycles. The SMILES string of the molecule is C=CCn1c(SCC(=O)NN)nnc1C(C)Nc1ccc(Cl)cc1. The van der Waals surface area contributed by atoms with Gasteiger partial charge < -0.3 is 9.88 Å². The number of nitrogens with one attached hydrogen (secondary N) is 2. The number of thioether (sulfide) groups is 1. The van der Waals surface area contributed by atoms with Crippen LogP contribution in [0.1, 0.15) is 18.8 Å². The Labute approximate surface area is 149 Å². The lowest BCUT2D eigenvalue weighted by Gasteiger charge is -2.16. The number of rotatable bonds is 8. The second kappa shape index (κ2) is 8.72. The molecular formula is C15H19ClN6OS. The molecule has 1 aromatic heterocycles. The van der Waals surface area contributed by atoms with Crippen molar-refractivity contribution in [3.05, 3.63) is 47.8 Å². The van der Waals surface area contributed by atoms with Gasteiger partial charge in [0.2, 0.25) is 5.91 Å². The highest BCUT2D eigenvalue weighted by atomic mass is 35.5. The van der Waals surface area contributed by atoms with Gasteiger partial charge in [0.25, 0.3) is 0 Å². The summed E-state index contributed by atoms with van der Waals surface area (Å²) >= 11 is 7.17. The van der Waals surface area contributed by atoms with Gasteiger partial charge in [-0.2, -0.15) is 0 Å². The minimum Gasteiger partial charge on any atom is -0.375 e. The van der Waals surface area contributed by atoms with E-state index in [2.05, 4.69) is 27.5 Å². The molecule has 0 radical (unpaired) electrons. The first kappa shape index (κ1) is 18.3. The van der Waals surface area contributed by atoms with Crippen molar-refractivity contribution in [2.45, 2.75) is 24.7 Å². The Morgan fingerprint density at radius 3 is 2.79 bits per heavy atom. The molecule has 9 heteroatoms. The lowest BCUT2D eigenvalue weighted by molar-refractivity contribution is -0.118. The summed E-state index contributed by atoms with van der Waals surface area (Å²) in [6.07, 6.45) is 1.76. The average molecular weight is 367 g/mol. The van der Waals surface area contributed by atoms with E-state index in [9.17, 15) is 4.79 Å². The molecule has 0 bridgehead atoms. The molecule has 128 valence electrons. The van der Waals surface area contributed by atoms with Gasteiger partial charge in [0.05, 0.1) is 11.8 Å². The van der Waals surface area contributed by atoms with Crippen molar-refractivity contribution in [2.24, 2.45) is 5.84 Å². The Hall–Kier alpha value is -2.03. The molecule has 1 aromatic carbocycles. The molecule has 24 heavy (non-hydrogen) atoms. The van der Waals surface area contributed by atoms with E-state index in [1.165, 1.54) is 11.8 Å². The summed E-state index contributed by atoms with van der Waals surface area (Å²) in [7, 11) is 0. The highest BCUT2D eigenvalue weighted by molar-refractivity contribution is 7.99. The van der Waals surface area contributed by atoms with Gasteiger partial charge in [-0.3, -0.25) is 10.2 Å². The molecule has 4 N–H and O–H groups in total.